The Hall–Kier alpha value is -2.09. The summed E-state index contributed by atoms with van der Waals surface area (Å²) in [7, 11) is 4.11. The fourth-order valence-electron chi connectivity index (χ4n) is 4.21. The van der Waals surface area contributed by atoms with Gasteiger partial charge in [0.2, 0.25) is 0 Å². The average Bonchev–Trinajstić information content (AvgIpc) is 2.84. The third kappa shape index (κ3) is 10.2. The van der Waals surface area contributed by atoms with E-state index in [1.54, 1.807) is 0 Å². The molecule has 38 heavy (non-hydrogen) atoms. The molecule has 0 aromatic heterocycles. The van der Waals surface area contributed by atoms with E-state index in [2.05, 4.69) is 123 Å². The molecule has 0 saturated heterocycles. The quantitative estimate of drug-likeness (QED) is 0.188. The first-order valence-electron chi connectivity index (χ1n) is 13.5. The van der Waals surface area contributed by atoms with Crippen LogP contribution in [0.25, 0.3) is 0 Å². The van der Waals surface area contributed by atoms with Gasteiger partial charge in [0.05, 0.1) is 0 Å². The molecule has 0 aliphatic heterocycles. The van der Waals surface area contributed by atoms with Gasteiger partial charge in [0.25, 0.3) is 0 Å². The number of nitrogens with zero attached hydrogens (tertiary/aromatic N) is 3. The number of hydrogen-bond acceptors (Lipinski definition) is 3. The van der Waals surface area contributed by atoms with Crippen LogP contribution < -0.4 is 0 Å². The van der Waals surface area contributed by atoms with Crippen molar-refractivity contribution in [2.45, 2.75) is 85.6 Å². The van der Waals surface area contributed by atoms with E-state index in [-0.39, 0.29) is 7.43 Å². The van der Waals surface area contributed by atoms with Crippen molar-refractivity contribution in [1.82, 2.24) is 4.90 Å². The molecule has 0 saturated carbocycles. The third-order valence-corrected chi connectivity index (χ3v) is 7.51. The van der Waals surface area contributed by atoms with Crippen molar-refractivity contribution >= 4 is 11.4 Å². The maximum atomic E-state index is 5.11. The maximum absolute atomic E-state index is 5.11. The molecule has 0 bridgehead atoms. The number of hydrogen-bond donors (Lipinski definition) is 0. The van der Waals surface area contributed by atoms with Crippen LogP contribution in [0.1, 0.15) is 107 Å². The fourth-order valence-corrected chi connectivity index (χ4v) is 5.74. The predicted molar refractivity (Wildman–Crippen MR) is 162 cm³/mol. The molecular weight excluding hydrogens is 546 g/mol. The minimum atomic E-state index is -0.857. The summed E-state index contributed by atoms with van der Waals surface area (Å²) in [6.45, 7) is 19.0. The standard InChI is InChI=1S/2C12H17N.C9H12N.CH3.Mo/c2*1-8(2)10-6-5-7-11(9(3)4)12(10)13;1-10(2)8-9-6-4-3-5-7-9;;/h2*5-9H,1-4H3;3-6H,8H2,1-2H3;1H3;/q;;2*-1;+2. The summed E-state index contributed by atoms with van der Waals surface area (Å²) >= 11 is -0.857. The minimum absolute atomic E-state index is 0. The van der Waals surface area contributed by atoms with E-state index in [4.69, 9.17) is 6.99 Å². The number of benzene rings is 3. The van der Waals surface area contributed by atoms with Crippen molar-refractivity contribution in [3.63, 3.8) is 0 Å². The van der Waals surface area contributed by atoms with Gasteiger partial charge in [0.1, 0.15) is 0 Å². The van der Waals surface area contributed by atoms with Crippen LogP contribution in [0.5, 0.6) is 0 Å². The molecule has 3 aromatic rings. The number of rotatable bonds is 8. The van der Waals surface area contributed by atoms with Crippen molar-refractivity contribution in [1.29, 1.82) is 0 Å². The Labute approximate surface area is 242 Å². The first-order valence-corrected chi connectivity index (χ1v) is 15.3. The van der Waals surface area contributed by atoms with Gasteiger partial charge in [-0.1, -0.05) is 0 Å². The molecule has 3 nitrogen and oxygen atoms in total. The van der Waals surface area contributed by atoms with E-state index in [0.717, 1.165) is 6.54 Å². The Balaban J connectivity index is 0.000000551. The van der Waals surface area contributed by atoms with Gasteiger partial charge >= 0.3 is 174 Å². The van der Waals surface area contributed by atoms with E-state index in [9.17, 15) is 0 Å². The second kappa shape index (κ2) is 16.8. The SMILES string of the molecule is CC(C)c1cccc(C(C)C)c1[N]=[Mo+2]=[N]c1c(C(C)C)cccc1C(C)C.CN(C)Cc1[c-]cccc1.[CH3-]. The summed E-state index contributed by atoms with van der Waals surface area (Å²) in [5, 5.41) is 0. The summed E-state index contributed by atoms with van der Waals surface area (Å²) in [4.78, 5) is 2.13. The van der Waals surface area contributed by atoms with E-state index < -0.39 is 18.2 Å². The summed E-state index contributed by atoms with van der Waals surface area (Å²) < 4.78 is 10.2. The molecule has 0 spiro atoms. The van der Waals surface area contributed by atoms with E-state index in [1.807, 2.05) is 18.2 Å². The molecule has 0 radical (unpaired) electrons. The average molecular weight is 596 g/mol. The Bertz CT molecular complexity index is 1050. The molecule has 0 unspecified atom stereocenters. The van der Waals surface area contributed by atoms with Crippen molar-refractivity contribution in [2.75, 3.05) is 14.1 Å². The molecule has 0 aliphatic rings. The Kier molecular flexibility index (Phi) is 15.0. The fraction of sp³-hybridized carbons (Fsp3) is 0.441. The van der Waals surface area contributed by atoms with Crippen molar-refractivity contribution in [3.05, 3.63) is 102 Å². The van der Waals surface area contributed by atoms with Crippen molar-refractivity contribution in [3.8, 4) is 0 Å². The summed E-state index contributed by atoms with van der Waals surface area (Å²) in [5.74, 6) is 1.90. The molecule has 4 heteroatoms. The van der Waals surface area contributed by atoms with Crippen LogP contribution in [0.4, 0.5) is 11.4 Å². The monoisotopic (exact) mass is 597 g/mol. The van der Waals surface area contributed by atoms with Crippen LogP contribution in [0.3, 0.4) is 0 Å². The van der Waals surface area contributed by atoms with E-state index in [0.29, 0.717) is 23.7 Å². The van der Waals surface area contributed by atoms with Gasteiger partial charge < -0.3 is 12.3 Å². The van der Waals surface area contributed by atoms with Crippen LogP contribution in [-0.2, 0) is 24.7 Å². The van der Waals surface area contributed by atoms with Crippen LogP contribution in [0.15, 0.2) is 67.7 Å². The second-order valence-electron chi connectivity index (χ2n) is 11.1. The van der Waals surface area contributed by atoms with Gasteiger partial charge in [-0.15, -0.1) is 5.56 Å². The molecule has 0 fully saturated rings. The van der Waals surface area contributed by atoms with Crippen LogP contribution in [-0.4, -0.2) is 19.0 Å². The van der Waals surface area contributed by atoms with Crippen LogP contribution in [0.2, 0.25) is 0 Å². The van der Waals surface area contributed by atoms with Crippen LogP contribution in [0, 0.1) is 13.5 Å². The molecule has 3 rings (SSSR count). The van der Waals surface area contributed by atoms with Gasteiger partial charge in [0, 0.05) is 6.54 Å². The molecule has 206 valence electrons. The Morgan fingerprint density at radius 2 is 1.03 bits per heavy atom. The first kappa shape index (κ1) is 33.9. The smallest absolute Gasteiger partial charge is 0.000120 e. The summed E-state index contributed by atoms with van der Waals surface area (Å²) in [6, 6.07) is 24.5. The van der Waals surface area contributed by atoms with E-state index in [1.165, 1.54) is 39.2 Å². The first-order chi connectivity index (χ1) is 17.5. The largest absolute Gasteiger partial charge is 0.358 e. The van der Waals surface area contributed by atoms with Gasteiger partial charge in [0.15, 0.2) is 0 Å². The molecule has 0 N–H and O–H groups in total. The third-order valence-electron chi connectivity index (χ3n) is 6.21. The molecule has 0 heterocycles. The molecule has 0 aliphatic carbocycles. The summed E-state index contributed by atoms with van der Waals surface area (Å²) in [5.41, 5.74) is 9.03. The van der Waals surface area contributed by atoms with E-state index >= 15 is 0 Å². The minimum Gasteiger partial charge on any atom is -0.358 e. The maximum Gasteiger partial charge on any atom is 0.000120 e. The molecule has 3 aromatic carbocycles. The van der Waals surface area contributed by atoms with Gasteiger partial charge in [-0.2, -0.15) is 30.3 Å². The Morgan fingerprint density at radius 1 is 0.632 bits per heavy atom. The molecule has 0 amide bonds. The van der Waals surface area contributed by atoms with Crippen molar-refractivity contribution < 1.29 is 18.2 Å². The molecular formula is C34H49MoN3. The zero-order chi connectivity index (χ0) is 27.5. The topological polar surface area (TPSA) is 28.0 Å². The van der Waals surface area contributed by atoms with Gasteiger partial charge in [-0.25, -0.2) is 0 Å². The predicted octanol–water partition coefficient (Wildman–Crippen LogP) is 10.6. The second-order valence-corrected chi connectivity index (χ2v) is 12.4. The zero-order valence-electron chi connectivity index (χ0n) is 25.5. The zero-order valence-corrected chi connectivity index (χ0v) is 27.5. The van der Waals surface area contributed by atoms with Crippen molar-refractivity contribution in [2.24, 2.45) is 6.99 Å². The van der Waals surface area contributed by atoms with Crippen LogP contribution >= 0.6 is 0 Å². The van der Waals surface area contributed by atoms with Gasteiger partial charge in [-0.05, 0) is 14.1 Å². The normalized spacial score (nSPS) is 10.8. The molecule has 0 atom stereocenters. The summed E-state index contributed by atoms with van der Waals surface area (Å²) in [6.07, 6.45) is 0. The Morgan fingerprint density at radius 3 is 1.32 bits per heavy atom. The van der Waals surface area contributed by atoms with Gasteiger partial charge in [-0.3, -0.25) is 0 Å².